The van der Waals surface area contributed by atoms with E-state index in [1.54, 1.807) is 0 Å². The number of benzene rings is 9. The molecule has 0 bridgehead atoms. The van der Waals surface area contributed by atoms with Gasteiger partial charge in [-0.25, -0.2) is 0 Å². The average Bonchev–Trinajstić information content (AvgIpc) is 3.61. The van der Waals surface area contributed by atoms with Crippen molar-refractivity contribution in [3.05, 3.63) is 182 Å². The van der Waals surface area contributed by atoms with Gasteiger partial charge in [-0.1, -0.05) is 164 Å². The third-order valence-electron chi connectivity index (χ3n) is 10.1. The molecular formula is C48H30O. The summed E-state index contributed by atoms with van der Waals surface area (Å²) in [5, 5.41) is 11.1. The van der Waals surface area contributed by atoms with Crippen LogP contribution in [-0.4, -0.2) is 0 Å². The lowest BCUT2D eigenvalue weighted by Gasteiger charge is -2.20. The number of furan rings is 1. The zero-order valence-electron chi connectivity index (χ0n) is 26.7. The second kappa shape index (κ2) is 11.1. The molecule has 49 heavy (non-hydrogen) atoms. The molecule has 1 heterocycles. The van der Waals surface area contributed by atoms with E-state index in [-0.39, 0.29) is 0 Å². The predicted octanol–water partition coefficient (Wildman–Crippen LogP) is 13.7. The lowest BCUT2D eigenvalue weighted by atomic mass is 9.83. The summed E-state index contributed by atoms with van der Waals surface area (Å²) in [6, 6.07) is 65.8. The minimum Gasteiger partial charge on any atom is -0.456 e. The van der Waals surface area contributed by atoms with Gasteiger partial charge in [-0.15, -0.1) is 0 Å². The van der Waals surface area contributed by atoms with Crippen LogP contribution < -0.4 is 0 Å². The quantitative estimate of drug-likeness (QED) is 0.178. The Labute approximate surface area is 284 Å². The highest BCUT2D eigenvalue weighted by atomic mass is 16.3. The summed E-state index contributed by atoms with van der Waals surface area (Å²) in [7, 11) is 0. The highest BCUT2D eigenvalue weighted by molar-refractivity contribution is 6.25. The smallest absolute Gasteiger partial charge is 0.135 e. The summed E-state index contributed by atoms with van der Waals surface area (Å²) in [4.78, 5) is 0. The molecule has 228 valence electrons. The van der Waals surface area contributed by atoms with E-state index in [1.807, 2.05) is 18.2 Å². The molecular weight excluding hydrogens is 593 g/mol. The first kappa shape index (κ1) is 27.7. The molecule has 0 aliphatic carbocycles. The van der Waals surface area contributed by atoms with Crippen molar-refractivity contribution in [2.75, 3.05) is 0 Å². The molecule has 0 aliphatic heterocycles. The zero-order valence-corrected chi connectivity index (χ0v) is 26.7. The number of hydrogen-bond donors (Lipinski definition) is 0. The summed E-state index contributed by atoms with van der Waals surface area (Å²) < 4.78 is 6.26. The fourth-order valence-electron chi connectivity index (χ4n) is 7.89. The van der Waals surface area contributed by atoms with E-state index in [9.17, 15) is 0 Å². The molecule has 0 N–H and O–H groups in total. The molecule has 0 saturated heterocycles. The second-order valence-electron chi connectivity index (χ2n) is 12.8. The number of hydrogen-bond acceptors (Lipinski definition) is 1. The van der Waals surface area contributed by atoms with Crippen molar-refractivity contribution in [2.24, 2.45) is 0 Å². The van der Waals surface area contributed by atoms with E-state index in [2.05, 4.69) is 164 Å². The van der Waals surface area contributed by atoms with Crippen LogP contribution in [0.25, 0.3) is 98.8 Å². The van der Waals surface area contributed by atoms with Gasteiger partial charge in [0.1, 0.15) is 11.3 Å². The third-order valence-corrected chi connectivity index (χ3v) is 10.1. The van der Waals surface area contributed by atoms with Crippen LogP contribution >= 0.6 is 0 Å². The molecule has 0 aliphatic rings. The molecule has 0 amide bonds. The van der Waals surface area contributed by atoms with Crippen LogP contribution in [0.15, 0.2) is 186 Å². The number of fused-ring (bicyclic) bond motifs is 5. The second-order valence-corrected chi connectivity index (χ2v) is 12.8. The van der Waals surface area contributed by atoms with Crippen LogP contribution in [0.5, 0.6) is 0 Å². The summed E-state index contributed by atoms with van der Waals surface area (Å²) >= 11 is 0. The third kappa shape index (κ3) is 4.40. The lowest BCUT2D eigenvalue weighted by molar-refractivity contribution is 0.631. The summed E-state index contributed by atoms with van der Waals surface area (Å²) in [5.41, 5.74) is 9.44. The Hall–Kier alpha value is -6.44. The van der Waals surface area contributed by atoms with Crippen LogP contribution in [0.1, 0.15) is 0 Å². The van der Waals surface area contributed by atoms with Crippen molar-refractivity contribution in [1.82, 2.24) is 0 Å². The first-order chi connectivity index (χ1) is 24.3. The van der Waals surface area contributed by atoms with Gasteiger partial charge in [0.2, 0.25) is 0 Å². The minimum absolute atomic E-state index is 0.888. The maximum absolute atomic E-state index is 6.26. The number of rotatable bonds is 4. The molecule has 0 fully saturated rings. The van der Waals surface area contributed by atoms with Crippen LogP contribution in [0.3, 0.4) is 0 Å². The first-order valence-corrected chi connectivity index (χ1v) is 16.8. The normalized spacial score (nSPS) is 11.7. The van der Waals surface area contributed by atoms with Gasteiger partial charge < -0.3 is 4.42 Å². The minimum atomic E-state index is 0.888. The summed E-state index contributed by atoms with van der Waals surface area (Å²) in [5.74, 6) is 0.888. The molecule has 0 atom stereocenters. The monoisotopic (exact) mass is 622 g/mol. The van der Waals surface area contributed by atoms with Crippen molar-refractivity contribution in [3.8, 4) is 44.7 Å². The Morgan fingerprint density at radius 1 is 0.286 bits per heavy atom. The molecule has 1 nitrogen and oxygen atoms in total. The molecule has 1 aromatic heterocycles. The maximum Gasteiger partial charge on any atom is 0.135 e. The molecule has 9 aromatic carbocycles. The Kier molecular flexibility index (Phi) is 6.25. The topological polar surface area (TPSA) is 13.1 Å². The van der Waals surface area contributed by atoms with E-state index in [0.29, 0.717) is 0 Å². The molecule has 0 saturated carbocycles. The Morgan fingerprint density at radius 3 is 1.45 bits per heavy atom. The fourth-order valence-corrected chi connectivity index (χ4v) is 7.89. The van der Waals surface area contributed by atoms with Gasteiger partial charge in [0.25, 0.3) is 0 Å². The molecule has 0 unspecified atom stereocenters. The van der Waals surface area contributed by atoms with Gasteiger partial charge in [0.05, 0.1) is 0 Å². The summed E-state index contributed by atoms with van der Waals surface area (Å²) in [6.45, 7) is 0. The van der Waals surface area contributed by atoms with Crippen molar-refractivity contribution >= 4 is 54.1 Å². The molecule has 10 rings (SSSR count). The van der Waals surface area contributed by atoms with Crippen molar-refractivity contribution < 1.29 is 4.42 Å². The highest BCUT2D eigenvalue weighted by Crippen LogP contribution is 2.47. The molecule has 10 aromatic rings. The largest absolute Gasteiger partial charge is 0.456 e. The van der Waals surface area contributed by atoms with Crippen molar-refractivity contribution in [2.45, 2.75) is 0 Å². The van der Waals surface area contributed by atoms with Crippen molar-refractivity contribution in [1.29, 1.82) is 0 Å². The van der Waals surface area contributed by atoms with Crippen LogP contribution in [0.2, 0.25) is 0 Å². The maximum atomic E-state index is 6.26. The molecule has 0 spiro atoms. The van der Waals surface area contributed by atoms with Crippen LogP contribution in [0.4, 0.5) is 0 Å². The van der Waals surface area contributed by atoms with Crippen LogP contribution in [-0.2, 0) is 0 Å². The Balaban J connectivity index is 1.21. The van der Waals surface area contributed by atoms with Crippen LogP contribution in [0, 0.1) is 0 Å². The predicted molar refractivity (Wildman–Crippen MR) is 208 cm³/mol. The summed E-state index contributed by atoms with van der Waals surface area (Å²) in [6.07, 6.45) is 0. The van der Waals surface area contributed by atoms with E-state index in [0.717, 1.165) is 22.3 Å². The Morgan fingerprint density at radius 2 is 0.776 bits per heavy atom. The highest BCUT2D eigenvalue weighted by Gasteiger charge is 2.19. The van der Waals surface area contributed by atoms with Crippen molar-refractivity contribution in [3.63, 3.8) is 0 Å². The SMILES string of the molecule is c1ccc(-c2cc3cc(-c4cccc5c(-c6c7ccccc7c(-c7cccc8ccccc78)c7ccccc67)cccc45)ccc3o2)cc1. The van der Waals surface area contributed by atoms with Gasteiger partial charge in [-0.05, 0) is 94.7 Å². The Bertz CT molecular complexity index is 2810. The molecule has 1 heteroatoms. The van der Waals surface area contributed by atoms with Gasteiger partial charge in [-0.2, -0.15) is 0 Å². The average molecular weight is 623 g/mol. The molecule has 0 radical (unpaired) electrons. The lowest BCUT2D eigenvalue weighted by Crippen LogP contribution is -1.92. The van der Waals surface area contributed by atoms with E-state index >= 15 is 0 Å². The van der Waals surface area contributed by atoms with E-state index < -0.39 is 0 Å². The van der Waals surface area contributed by atoms with Gasteiger partial charge in [0.15, 0.2) is 0 Å². The van der Waals surface area contributed by atoms with Gasteiger partial charge >= 0.3 is 0 Å². The van der Waals surface area contributed by atoms with E-state index in [1.165, 1.54) is 76.5 Å². The zero-order chi connectivity index (χ0) is 32.3. The standard InChI is InChI=1S/C48H30O/c1-2-14-32(15-3-1)46-30-34-29-33(27-28-45(34)49-46)36-22-11-24-38-37(36)23-12-26-40(38)48-43-20-8-6-18-41(43)47(42-19-7-9-21-44(42)48)39-25-10-16-31-13-4-5-17-35(31)39/h1-30H. The first-order valence-electron chi connectivity index (χ1n) is 16.8. The fraction of sp³-hybridized carbons (Fsp3) is 0. The van der Waals surface area contributed by atoms with Gasteiger partial charge in [0, 0.05) is 10.9 Å². The van der Waals surface area contributed by atoms with Gasteiger partial charge in [-0.3, -0.25) is 0 Å². The van der Waals surface area contributed by atoms with E-state index in [4.69, 9.17) is 4.42 Å².